The highest BCUT2D eigenvalue weighted by atomic mass is 35.5. The molecule has 0 aromatic heterocycles. The van der Waals surface area contributed by atoms with Crippen LogP contribution in [0, 0.1) is 17.1 Å². The highest BCUT2D eigenvalue weighted by Crippen LogP contribution is 2.21. The quantitative estimate of drug-likeness (QED) is 0.878. The van der Waals surface area contributed by atoms with Crippen LogP contribution in [0.3, 0.4) is 0 Å². The van der Waals surface area contributed by atoms with Crippen molar-refractivity contribution in [3.63, 3.8) is 0 Å². The summed E-state index contributed by atoms with van der Waals surface area (Å²) in [7, 11) is 0. The summed E-state index contributed by atoms with van der Waals surface area (Å²) in [5, 5.41) is 14.1. The van der Waals surface area contributed by atoms with Crippen molar-refractivity contribution >= 4 is 29.0 Å². The summed E-state index contributed by atoms with van der Waals surface area (Å²) in [4.78, 5) is 11.8. The molecule has 0 atom stereocenters. The van der Waals surface area contributed by atoms with Gasteiger partial charge in [-0.05, 0) is 30.3 Å². The molecule has 0 unspecified atom stereocenters. The monoisotopic (exact) mass is 289 g/mol. The summed E-state index contributed by atoms with van der Waals surface area (Å²) in [5.41, 5.74) is 0.567. The molecule has 2 aromatic rings. The molecule has 0 radical (unpaired) electrons. The van der Waals surface area contributed by atoms with Crippen molar-refractivity contribution in [2.75, 3.05) is 10.6 Å². The smallest absolute Gasteiger partial charge is 0.306 e. The lowest BCUT2D eigenvalue weighted by Crippen LogP contribution is -2.20. The van der Waals surface area contributed by atoms with E-state index in [2.05, 4.69) is 10.6 Å². The molecule has 0 spiro atoms. The van der Waals surface area contributed by atoms with Crippen molar-refractivity contribution < 1.29 is 9.18 Å². The number of amides is 2. The van der Waals surface area contributed by atoms with Gasteiger partial charge in [-0.15, -0.1) is 0 Å². The molecule has 0 aliphatic carbocycles. The number of para-hydroxylation sites is 1. The van der Waals surface area contributed by atoms with Crippen molar-refractivity contribution in [1.82, 2.24) is 0 Å². The van der Waals surface area contributed by atoms with Gasteiger partial charge < -0.3 is 10.6 Å². The molecule has 2 aromatic carbocycles. The predicted molar refractivity (Wildman–Crippen MR) is 75.2 cm³/mol. The number of hydrogen-bond acceptors (Lipinski definition) is 2. The lowest BCUT2D eigenvalue weighted by atomic mass is 10.2. The molecule has 0 saturated carbocycles. The topological polar surface area (TPSA) is 64.9 Å². The van der Waals surface area contributed by atoms with Gasteiger partial charge in [-0.3, -0.25) is 0 Å². The van der Waals surface area contributed by atoms with E-state index in [-0.39, 0.29) is 16.9 Å². The second-order valence-electron chi connectivity index (χ2n) is 3.86. The minimum absolute atomic E-state index is 0.0468. The first-order valence-corrected chi connectivity index (χ1v) is 6.00. The zero-order valence-electron chi connectivity index (χ0n) is 10.2. The van der Waals surface area contributed by atoms with E-state index in [1.54, 1.807) is 12.1 Å². The van der Waals surface area contributed by atoms with Gasteiger partial charge in [-0.25, -0.2) is 9.18 Å². The molecule has 2 N–H and O–H groups in total. The minimum atomic E-state index is -0.658. The summed E-state index contributed by atoms with van der Waals surface area (Å²) in [5.74, 6) is -0.547. The number of urea groups is 1. The summed E-state index contributed by atoms with van der Waals surface area (Å²) in [6.45, 7) is 0. The lowest BCUT2D eigenvalue weighted by molar-refractivity contribution is 0.262. The summed E-state index contributed by atoms with van der Waals surface area (Å²) < 4.78 is 13.4. The van der Waals surface area contributed by atoms with Crippen molar-refractivity contribution in [1.29, 1.82) is 5.26 Å². The molecule has 0 aliphatic heterocycles. The molecule has 20 heavy (non-hydrogen) atoms. The van der Waals surface area contributed by atoms with Gasteiger partial charge in [-0.1, -0.05) is 23.7 Å². The Labute approximate surface area is 119 Å². The fourth-order valence-corrected chi connectivity index (χ4v) is 1.73. The molecule has 4 nitrogen and oxygen atoms in total. The fourth-order valence-electron chi connectivity index (χ4n) is 1.56. The van der Waals surface area contributed by atoms with E-state index in [1.807, 2.05) is 6.07 Å². The second kappa shape index (κ2) is 6.04. The number of hydrogen-bond donors (Lipinski definition) is 2. The van der Waals surface area contributed by atoms with Gasteiger partial charge >= 0.3 is 6.03 Å². The molecule has 2 amide bonds. The van der Waals surface area contributed by atoms with Crippen LogP contribution >= 0.6 is 11.6 Å². The Morgan fingerprint density at radius 3 is 2.55 bits per heavy atom. The van der Waals surface area contributed by atoms with Gasteiger partial charge in [0.25, 0.3) is 0 Å². The fraction of sp³-hybridized carbons (Fsp3) is 0. The van der Waals surface area contributed by atoms with E-state index in [9.17, 15) is 9.18 Å². The normalized spacial score (nSPS) is 9.65. The van der Waals surface area contributed by atoms with Crippen molar-refractivity contribution in [3.05, 3.63) is 58.9 Å². The minimum Gasteiger partial charge on any atom is -0.306 e. The number of carbonyl (C=O) groups is 1. The van der Waals surface area contributed by atoms with Crippen LogP contribution in [-0.4, -0.2) is 6.03 Å². The van der Waals surface area contributed by atoms with Crippen molar-refractivity contribution in [3.8, 4) is 6.07 Å². The molecule has 2 rings (SSSR count). The SMILES string of the molecule is N#Cc1ccc(Cl)cc1NC(=O)Nc1ccccc1F. The maximum Gasteiger partial charge on any atom is 0.323 e. The van der Waals surface area contributed by atoms with Gasteiger partial charge in [0, 0.05) is 5.02 Å². The average molecular weight is 290 g/mol. The number of halogens is 2. The first-order chi connectivity index (χ1) is 9.60. The number of nitrogens with zero attached hydrogens (tertiary/aromatic N) is 1. The van der Waals surface area contributed by atoms with Crippen LogP contribution < -0.4 is 10.6 Å². The highest BCUT2D eigenvalue weighted by molar-refractivity contribution is 6.31. The summed E-state index contributed by atoms with van der Waals surface area (Å²) in [6, 6.07) is 11.5. The first-order valence-electron chi connectivity index (χ1n) is 5.62. The second-order valence-corrected chi connectivity index (χ2v) is 4.30. The van der Waals surface area contributed by atoms with Crippen LogP contribution in [0.5, 0.6) is 0 Å². The Morgan fingerprint density at radius 1 is 1.15 bits per heavy atom. The third-order valence-corrected chi connectivity index (χ3v) is 2.71. The first kappa shape index (κ1) is 13.8. The van der Waals surface area contributed by atoms with Crippen LogP contribution in [0.1, 0.15) is 5.56 Å². The number of anilines is 2. The summed E-state index contributed by atoms with van der Waals surface area (Å²) in [6.07, 6.45) is 0. The van der Waals surface area contributed by atoms with E-state index in [0.29, 0.717) is 5.02 Å². The Kier molecular flexibility index (Phi) is 4.18. The van der Waals surface area contributed by atoms with Crippen LogP contribution in [0.25, 0.3) is 0 Å². The Morgan fingerprint density at radius 2 is 1.85 bits per heavy atom. The van der Waals surface area contributed by atoms with Gasteiger partial charge in [0.05, 0.1) is 16.9 Å². The third-order valence-electron chi connectivity index (χ3n) is 2.47. The maximum absolute atomic E-state index is 13.4. The van der Waals surface area contributed by atoms with Crippen molar-refractivity contribution in [2.45, 2.75) is 0 Å². The zero-order valence-corrected chi connectivity index (χ0v) is 10.9. The largest absolute Gasteiger partial charge is 0.323 e. The number of rotatable bonds is 2. The maximum atomic E-state index is 13.4. The third kappa shape index (κ3) is 3.25. The molecular formula is C14H9ClFN3O. The Hall–Kier alpha value is -2.58. The number of benzene rings is 2. The standard InChI is InChI=1S/C14H9ClFN3O/c15-10-6-5-9(8-17)13(7-10)19-14(20)18-12-4-2-1-3-11(12)16/h1-7H,(H2,18,19,20). The van der Waals surface area contributed by atoms with Crippen LogP contribution in [-0.2, 0) is 0 Å². The van der Waals surface area contributed by atoms with E-state index >= 15 is 0 Å². The number of carbonyl (C=O) groups excluding carboxylic acids is 1. The zero-order chi connectivity index (χ0) is 14.5. The summed E-state index contributed by atoms with van der Waals surface area (Å²) >= 11 is 5.80. The Bertz CT molecular complexity index is 697. The molecular weight excluding hydrogens is 281 g/mol. The highest BCUT2D eigenvalue weighted by Gasteiger charge is 2.09. The van der Waals surface area contributed by atoms with Gasteiger partial charge in [-0.2, -0.15) is 5.26 Å². The van der Waals surface area contributed by atoms with E-state index < -0.39 is 11.8 Å². The number of nitriles is 1. The Balaban J connectivity index is 2.15. The molecule has 0 aliphatic rings. The van der Waals surface area contributed by atoms with Crippen LogP contribution in [0.2, 0.25) is 5.02 Å². The van der Waals surface area contributed by atoms with Gasteiger partial charge in [0.1, 0.15) is 11.9 Å². The van der Waals surface area contributed by atoms with Crippen LogP contribution in [0.15, 0.2) is 42.5 Å². The molecule has 6 heteroatoms. The predicted octanol–water partition coefficient (Wildman–Crippen LogP) is 3.99. The van der Waals surface area contributed by atoms with Crippen LogP contribution in [0.4, 0.5) is 20.6 Å². The van der Waals surface area contributed by atoms with Crippen molar-refractivity contribution in [2.24, 2.45) is 0 Å². The van der Waals surface area contributed by atoms with E-state index in [0.717, 1.165) is 0 Å². The molecule has 0 saturated heterocycles. The molecule has 100 valence electrons. The molecule has 0 heterocycles. The van der Waals surface area contributed by atoms with Gasteiger partial charge in [0.2, 0.25) is 0 Å². The number of nitrogens with one attached hydrogen (secondary N) is 2. The molecule has 0 fully saturated rings. The van der Waals surface area contributed by atoms with E-state index in [1.165, 1.54) is 30.3 Å². The van der Waals surface area contributed by atoms with Gasteiger partial charge in [0.15, 0.2) is 0 Å². The van der Waals surface area contributed by atoms with E-state index in [4.69, 9.17) is 16.9 Å². The lowest BCUT2D eigenvalue weighted by Gasteiger charge is -2.09. The average Bonchev–Trinajstić information content (AvgIpc) is 2.41. The molecule has 0 bridgehead atoms.